The van der Waals surface area contributed by atoms with Crippen LogP contribution in [-0.4, -0.2) is 28.9 Å². The molecule has 0 fully saturated rings. The Balaban J connectivity index is 2.89. The van der Waals surface area contributed by atoms with E-state index in [1.165, 1.54) is 13.1 Å². The Morgan fingerprint density at radius 1 is 1.60 bits per heavy atom. The number of carbonyl (C=O) groups excluding carboxylic acids is 2. The molecule has 0 aromatic rings. The molecule has 3 nitrogen and oxygen atoms in total. The topological polar surface area (TPSA) is 37.4 Å². The molecule has 0 saturated heterocycles. The third kappa shape index (κ3) is 1.09. The van der Waals surface area contributed by atoms with Gasteiger partial charge in [-0.1, -0.05) is 0 Å². The number of imide groups is 1. The van der Waals surface area contributed by atoms with Gasteiger partial charge in [0.25, 0.3) is 5.91 Å². The maximum atomic E-state index is 10.9. The molecule has 0 aromatic heterocycles. The van der Waals surface area contributed by atoms with E-state index in [1.54, 1.807) is 5.14 Å². The first-order valence-corrected chi connectivity index (χ1v) is 3.88. The molecule has 0 bridgehead atoms. The molecule has 1 heterocycles. The van der Waals surface area contributed by atoms with Crippen molar-refractivity contribution in [3.05, 3.63) is 11.5 Å². The maximum absolute atomic E-state index is 10.9. The second-order valence-electron chi connectivity index (χ2n) is 1.91. The first-order valence-electron chi connectivity index (χ1n) is 2.64. The average Bonchev–Trinajstić information content (AvgIpc) is 2.17. The van der Waals surface area contributed by atoms with Crippen LogP contribution in [0.1, 0.15) is 0 Å². The van der Waals surface area contributed by atoms with Crippen molar-refractivity contribution in [3.63, 3.8) is 0 Å². The molecule has 2 amide bonds. The van der Waals surface area contributed by atoms with E-state index in [0.717, 1.165) is 4.90 Å². The highest BCUT2D eigenvalue weighted by molar-refractivity contribution is 14.1. The molecule has 0 unspecified atom stereocenters. The van der Waals surface area contributed by atoms with Gasteiger partial charge in [0.15, 0.2) is 0 Å². The summed E-state index contributed by atoms with van der Waals surface area (Å²) in [5.41, 5.74) is 0.466. The number of halogens is 1. The molecule has 0 saturated carbocycles. The molecule has 1 aliphatic rings. The minimum absolute atomic E-state index is 0.223. The molecule has 0 atom stereocenters. The molecule has 51 valence electrons. The van der Waals surface area contributed by atoms with Gasteiger partial charge in [0, 0.05) is 13.1 Å². The molecule has 1 aliphatic heterocycles. The Labute approximate surface area is 72.6 Å². The third-order valence-corrected chi connectivity index (χ3v) is 1.95. The van der Waals surface area contributed by atoms with Crippen molar-refractivity contribution >= 4 is 39.3 Å². The largest absolute Gasteiger partial charge is 0.279 e. The van der Waals surface area contributed by atoms with Crippen LogP contribution in [0.25, 0.3) is 0 Å². The zero-order valence-electron chi connectivity index (χ0n) is 5.30. The van der Waals surface area contributed by atoms with Crippen molar-refractivity contribution in [1.82, 2.24) is 4.90 Å². The summed E-state index contributed by atoms with van der Waals surface area (Å²) in [5, 5.41) is 1.60. The maximum Gasteiger partial charge on any atom is 0.252 e. The lowest BCUT2D eigenvalue weighted by atomic mass is 9.96. The second-order valence-corrected chi connectivity index (χ2v) is 2.53. The van der Waals surface area contributed by atoms with Gasteiger partial charge in [0.2, 0.25) is 11.0 Å². The summed E-state index contributed by atoms with van der Waals surface area (Å²) in [5.74, 6) is -0.465. The van der Waals surface area contributed by atoms with Crippen LogP contribution in [0.5, 0.6) is 0 Å². The van der Waals surface area contributed by atoms with Crippen molar-refractivity contribution in [2.24, 2.45) is 0 Å². The summed E-state index contributed by atoms with van der Waals surface area (Å²) < 4.78 is 0. The number of rotatable bonds is 1. The summed E-state index contributed by atoms with van der Waals surface area (Å²) in [6.45, 7) is 0. The van der Waals surface area contributed by atoms with Crippen molar-refractivity contribution in [2.75, 3.05) is 7.05 Å². The van der Waals surface area contributed by atoms with Gasteiger partial charge in [-0.05, 0) is 5.47 Å². The van der Waals surface area contributed by atoms with Crippen LogP contribution in [0, 0.1) is 0 Å². The predicted octanol–water partition coefficient (Wildman–Crippen LogP) is -0.0769. The molecule has 1 rings (SSSR count). The third-order valence-electron chi connectivity index (χ3n) is 1.28. The average molecular weight is 248 g/mol. The van der Waals surface area contributed by atoms with Crippen LogP contribution in [0.3, 0.4) is 0 Å². The molecule has 10 heavy (non-hydrogen) atoms. The fourth-order valence-corrected chi connectivity index (χ4v) is 1.11. The van der Waals surface area contributed by atoms with Gasteiger partial charge in [-0.2, -0.15) is 22.4 Å². The number of nitrogens with zero attached hydrogens (tertiary/aromatic N) is 1. The smallest absolute Gasteiger partial charge is 0.252 e. The van der Waals surface area contributed by atoms with E-state index in [0.29, 0.717) is 5.47 Å². The van der Waals surface area contributed by atoms with Crippen LogP contribution in [0.15, 0.2) is 11.5 Å². The Hall–Kier alpha value is -0.325. The highest BCUT2D eigenvalue weighted by atomic mass is 127. The van der Waals surface area contributed by atoms with Crippen LogP contribution in [-0.2, 0) is 9.59 Å². The number of likely N-dealkylation sites (N-methyl/N-ethyl adjacent to an activating group) is 1. The minimum Gasteiger partial charge on any atom is -0.279 e. The highest BCUT2D eigenvalue weighted by Crippen LogP contribution is 2.10. The molecule has 0 aromatic carbocycles. The normalized spacial score (nSPS) is 17.8. The standard InChI is InChI=1S/C5H4BINO2/c1-8-4(9)2-3(6-7)5(8)10/h2H,1H3. The molecule has 0 spiro atoms. The summed E-state index contributed by atoms with van der Waals surface area (Å²) in [6, 6.07) is 0. The van der Waals surface area contributed by atoms with E-state index in [2.05, 4.69) is 0 Å². The zero-order chi connectivity index (χ0) is 7.72. The molecular formula is C5H4BINO2. The van der Waals surface area contributed by atoms with Crippen molar-refractivity contribution in [1.29, 1.82) is 0 Å². The summed E-state index contributed by atoms with van der Waals surface area (Å²) >= 11 is 1.93. The molecular weight excluding hydrogens is 244 g/mol. The number of hydrogen-bond acceptors (Lipinski definition) is 2. The van der Waals surface area contributed by atoms with Crippen molar-refractivity contribution < 1.29 is 9.59 Å². The van der Waals surface area contributed by atoms with Gasteiger partial charge in [-0.25, -0.2) is 0 Å². The fourth-order valence-electron chi connectivity index (χ4n) is 0.663. The monoisotopic (exact) mass is 248 g/mol. The lowest BCUT2D eigenvalue weighted by molar-refractivity contribution is -0.135. The van der Waals surface area contributed by atoms with Crippen LogP contribution < -0.4 is 0 Å². The van der Waals surface area contributed by atoms with Crippen LogP contribution in [0.2, 0.25) is 0 Å². The predicted molar refractivity (Wildman–Crippen MR) is 45.6 cm³/mol. The summed E-state index contributed by atoms with van der Waals surface area (Å²) in [4.78, 5) is 22.8. The lowest BCUT2D eigenvalue weighted by Gasteiger charge is -2.04. The molecule has 0 N–H and O–H groups in total. The second kappa shape index (κ2) is 2.73. The van der Waals surface area contributed by atoms with Gasteiger partial charge in [-0.3, -0.25) is 14.5 Å². The van der Waals surface area contributed by atoms with E-state index in [9.17, 15) is 9.59 Å². The quantitative estimate of drug-likeness (QED) is 0.369. The van der Waals surface area contributed by atoms with E-state index >= 15 is 0 Å². The first kappa shape index (κ1) is 7.78. The Bertz CT molecular complexity index is 226. The molecule has 1 radical (unpaired) electrons. The lowest BCUT2D eigenvalue weighted by Crippen LogP contribution is -2.26. The van der Waals surface area contributed by atoms with Gasteiger partial charge in [0.05, 0.1) is 0 Å². The Morgan fingerprint density at radius 3 is 2.40 bits per heavy atom. The Morgan fingerprint density at radius 2 is 2.20 bits per heavy atom. The number of amides is 2. The van der Waals surface area contributed by atoms with Crippen molar-refractivity contribution in [2.45, 2.75) is 0 Å². The SMILES string of the molecule is CN1C(=O)C=C([B]I)C1=O. The van der Waals surface area contributed by atoms with Gasteiger partial charge >= 0.3 is 0 Å². The van der Waals surface area contributed by atoms with Crippen molar-refractivity contribution in [3.8, 4) is 0 Å². The van der Waals surface area contributed by atoms with E-state index in [-0.39, 0.29) is 11.8 Å². The fraction of sp³-hybridized carbons (Fsp3) is 0.200. The first-order chi connectivity index (χ1) is 4.66. The summed E-state index contributed by atoms with van der Waals surface area (Å²) in [7, 11) is 1.47. The number of hydrogen-bond donors (Lipinski definition) is 0. The van der Waals surface area contributed by atoms with Crippen LogP contribution in [0.4, 0.5) is 0 Å². The van der Waals surface area contributed by atoms with Gasteiger partial charge in [-0.15, -0.1) is 0 Å². The van der Waals surface area contributed by atoms with E-state index in [4.69, 9.17) is 0 Å². The minimum atomic E-state index is -0.243. The van der Waals surface area contributed by atoms with Crippen LogP contribution >= 0.6 is 22.4 Å². The van der Waals surface area contributed by atoms with Gasteiger partial charge in [0.1, 0.15) is 0 Å². The molecule has 0 aliphatic carbocycles. The molecule has 5 heteroatoms. The number of carbonyl (C=O) groups is 2. The van der Waals surface area contributed by atoms with E-state index < -0.39 is 0 Å². The summed E-state index contributed by atoms with van der Waals surface area (Å²) in [6.07, 6.45) is 1.33. The van der Waals surface area contributed by atoms with E-state index in [1.807, 2.05) is 22.4 Å². The highest BCUT2D eigenvalue weighted by Gasteiger charge is 2.26. The zero-order valence-corrected chi connectivity index (χ0v) is 7.45. The Kier molecular flexibility index (Phi) is 2.13. The van der Waals surface area contributed by atoms with Gasteiger partial charge < -0.3 is 0 Å².